The molecule has 0 radical (unpaired) electrons. The van der Waals surface area contributed by atoms with Crippen molar-refractivity contribution in [1.29, 1.82) is 0 Å². The molecule has 0 aliphatic carbocycles. The fourth-order valence-electron chi connectivity index (χ4n) is 1.43. The maximum atomic E-state index is 11.9. The second-order valence-corrected chi connectivity index (χ2v) is 4.76. The first kappa shape index (κ1) is 12.6. The lowest BCUT2D eigenvalue weighted by Gasteiger charge is -2.17. The molecular formula is C11H10N4OS2. The average molecular weight is 278 g/mol. The number of carbonyl (C=O) groups excluding carboxylic acids is 1. The molecule has 0 fully saturated rings. The van der Waals surface area contributed by atoms with Crippen molar-refractivity contribution in [2.24, 2.45) is 5.73 Å². The lowest BCUT2D eigenvalue weighted by atomic mass is 10.1. The third kappa shape index (κ3) is 2.88. The molecule has 2 aromatic rings. The van der Waals surface area contributed by atoms with Crippen molar-refractivity contribution in [1.82, 2.24) is 14.9 Å². The molecule has 1 aromatic heterocycles. The highest BCUT2D eigenvalue weighted by Crippen LogP contribution is 2.14. The number of thiocarbonyl (C=S) groups is 1. The first-order valence-corrected chi connectivity index (χ1v) is 6.29. The van der Waals surface area contributed by atoms with Crippen molar-refractivity contribution >= 4 is 34.6 Å². The van der Waals surface area contributed by atoms with Crippen molar-refractivity contribution in [2.75, 3.05) is 0 Å². The molecule has 1 aromatic carbocycles. The van der Waals surface area contributed by atoms with Gasteiger partial charge in [0, 0.05) is 0 Å². The molecule has 3 N–H and O–H groups in total. The van der Waals surface area contributed by atoms with Crippen LogP contribution in [-0.4, -0.2) is 20.5 Å². The Morgan fingerprint density at radius 2 is 2.11 bits per heavy atom. The van der Waals surface area contributed by atoms with Crippen LogP contribution in [0.4, 0.5) is 0 Å². The second kappa shape index (κ2) is 5.65. The van der Waals surface area contributed by atoms with E-state index in [1.807, 2.05) is 30.3 Å². The molecule has 0 bridgehead atoms. The molecule has 5 nitrogen and oxygen atoms in total. The number of hydrogen-bond donors (Lipinski definition) is 2. The van der Waals surface area contributed by atoms with E-state index >= 15 is 0 Å². The van der Waals surface area contributed by atoms with Crippen molar-refractivity contribution in [2.45, 2.75) is 6.04 Å². The fraction of sp³-hybridized carbons (Fsp3) is 0.0909. The van der Waals surface area contributed by atoms with Crippen LogP contribution in [0.5, 0.6) is 0 Å². The zero-order valence-electron chi connectivity index (χ0n) is 9.24. The monoisotopic (exact) mass is 278 g/mol. The second-order valence-electron chi connectivity index (χ2n) is 3.50. The van der Waals surface area contributed by atoms with Crippen LogP contribution in [0.1, 0.15) is 21.3 Å². The van der Waals surface area contributed by atoms with Gasteiger partial charge in [0.1, 0.15) is 15.9 Å². The van der Waals surface area contributed by atoms with Gasteiger partial charge in [0.25, 0.3) is 5.91 Å². The van der Waals surface area contributed by atoms with Gasteiger partial charge in [-0.1, -0.05) is 47.0 Å². The highest BCUT2D eigenvalue weighted by atomic mass is 32.1. The van der Waals surface area contributed by atoms with E-state index in [1.165, 1.54) is 6.20 Å². The van der Waals surface area contributed by atoms with Gasteiger partial charge in [-0.15, -0.1) is 5.10 Å². The molecule has 0 spiro atoms. The summed E-state index contributed by atoms with van der Waals surface area (Å²) in [5, 5.41) is 6.37. The number of amides is 1. The first-order valence-electron chi connectivity index (χ1n) is 5.11. The van der Waals surface area contributed by atoms with Gasteiger partial charge in [-0.25, -0.2) is 0 Å². The van der Waals surface area contributed by atoms with E-state index in [0.29, 0.717) is 4.88 Å². The zero-order chi connectivity index (χ0) is 13.0. The van der Waals surface area contributed by atoms with Crippen LogP contribution in [0, 0.1) is 0 Å². The van der Waals surface area contributed by atoms with Crippen LogP contribution in [-0.2, 0) is 0 Å². The van der Waals surface area contributed by atoms with Crippen LogP contribution >= 0.6 is 23.8 Å². The van der Waals surface area contributed by atoms with Crippen molar-refractivity contribution in [3.8, 4) is 0 Å². The molecule has 1 unspecified atom stereocenters. The molecule has 1 heterocycles. The highest BCUT2D eigenvalue weighted by molar-refractivity contribution is 7.80. The standard InChI is InChI=1S/C11H10N4OS2/c12-10(17)9(7-4-2-1-3-5-7)14-11(16)8-6-13-15-18-8/h1-6,9H,(H2,12,17)(H,14,16). The van der Waals surface area contributed by atoms with Crippen LogP contribution < -0.4 is 11.1 Å². The summed E-state index contributed by atoms with van der Waals surface area (Å²) in [7, 11) is 0. The van der Waals surface area contributed by atoms with Gasteiger partial charge < -0.3 is 11.1 Å². The van der Waals surface area contributed by atoms with Crippen LogP contribution in [0.25, 0.3) is 0 Å². The Balaban J connectivity index is 2.18. The molecule has 18 heavy (non-hydrogen) atoms. The van der Waals surface area contributed by atoms with Gasteiger partial charge >= 0.3 is 0 Å². The molecule has 0 saturated heterocycles. The first-order chi connectivity index (χ1) is 8.68. The summed E-state index contributed by atoms with van der Waals surface area (Å²) in [6, 6.07) is 8.83. The summed E-state index contributed by atoms with van der Waals surface area (Å²) < 4.78 is 3.63. The third-order valence-electron chi connectivity index (χ3n) is 2.28. The minimum absolute atomic E-state index is 0.215. The fourth-order valence-corrected chi connectivity index (χ4v) is 2.05. The quantitative estimate of drug-likeness (QED) is 0.824. The topological polar surface area (TPSA) is 80.9 Å². The van der Waals surface area contributed by atoms with Gasteiger partial charge in [-0.05, 0) is 17.1 Å². The maximum absolute atomic E-state index is 11.9. The normalized spacial score (nSPS) is 11.8. The van der Waals surface area contributed by atoms with Gasteiger partial charge in [-0.2, -0.15) is 0 Å². The SMILES string of the molecule is NC(=S)C(NC(=O)c1cnns1)c1ccccc1. The minimum Gasteiger partial charge on any atom is -0.391 e. The van der Waals surface area contributed by atoms with E-state index in [4.69, 9.17) is 18.0 Å². The number of hydrogen-bond acceptors (Lipinski definition) is 5. The highest BCUT2D eigenvalue weighted by Gasteiger charge is 2.19. The molecule has 0 saturated carbocycles. The molecule has 0 aliphatic heterocycles. The van der Waals surface area contributed by atoms with E-state index in [-0.39, 0.29) is 10.9 Å². The number of nitrogens with two attached hydrogens (primary N) is 1. The maximum Gasteiger partial charge on any atom is 0.265 e. The number of benzene rings is 1. The van der Waals surface area contributed by atoms with E-state index in [0.717, 1.165) is 17.1 Å². The van der Waals surface area contributed by atoms with Crippen molar-refractivity contribution in [3.05, 3.63) is 47.0 Å². The Kier molecular flexibility index (Phi) is 3.96. The predicted octanol–water partition coefficient (Wildman–Crippen LogP) is 1.30. The minimum atomic E-state index is -0.490. The smallest absolute Gasteiger partial charge is 0.265 e. The molecule has 7 heteroatoms. The van der Waals surface area contributed by atoms with E-state index < -0.39 is 6.04 Å². The molecule has 1 amide bonds. The largest absolute Gasteiger partial charge is 0.391 e. The Morgan fingerprint density at radius 1 is 1.39 bits per heavy atom. The predicted molar refractivity (Wildman–Crippen MR) is 73.3 cm³/mol. The van der Waals surface area contributed by atoms with Gasteiger partial charge in [-0.3, -0.25) is 4.79 Å². The van der Waals surface area contributed by atoms with E-state index in [2.05, 4.69) is 14.9 Å². The zero-order valence-corrected chi connectivity index (χ0v) is 10.9. The number of rotatable bonds is 4. The van der Waals surface area contributed by atoms with Crippen LogP contribution in [0.2, 0.25) is 0 Å². The average Bonchev–Trinajstić information content (AvgIpc) is 2.90. The third-order valence-corrected chi connectivity index (χ3v) is 3.18. The van der Waals surface area contributed by atoms with Gasteiger partial charge in [0.05, 0.1) is 6.20 Å². The van der Waals surface area contributed by atoms with Gasteiger partial charge in [0.15, 0.2) is 0 Å². The Morgan fingerprint density at radius 3 is 2.67 bits per heavy atom. The Hall–Kier alpha value is -1.86. The molecule has 1 atom stereocenters. The Labute approximate surface area is 113 Å². The summed E-state index contributed by atoms with van der Waals surface area (Å²) in [6.07, 6.45) is 1.40. The van der Waals surface area contributed by atoms with Gasteiger partial charge in [0.2, 0.25) is 0 Å². The molecule has 0 aliphatic rings. The molecular weight excluding hydrogens is 268 g/mol. The van der Waals surface area contributed by atoms with Crippen LogP contribution in [0.3, 0.4) is 0 Å². The lowest BCUT2D eigenvalue weighted by molar-refractivity contribution is 0.0950. The molecule has 92 valence electrons. The summed E-state index contributed by atoms with van der Waals surface area (Å²) >= 11 is 6.00. The summed E-state index contributed by atoms with van der Waals surface area (Å²) in [5.74, 6) is -0.286. The van der Waals surface area contributed by atoms with E-state index in [9.17, 15) is 4.79 Å². The van der Waals surface area contributed by atoms with E-state index in [1.54, 1.807) is 0 Å². The number of aromatic nitrogens is 2. The lowest BCUT2D eigenvalue weighted by Crippen LogP contribution is -2.36. The summed E-state index contributed by atoms with van der Waals surface area (Å²) in [5.41, 5.74) is 6.50. The van der Waals surface area contributed by atoms with Crippen LogP contribution in [0.15, 0.2) is 36.5 Å². The number of nitrogens with zero attached hydrogens (tertiary/aromatic N) is 2. The number of nitrogens with one attached hydrogen (secondary N) is 1. The Bertz CT molecular complexity index is 541. The summed E-state index contributed by atoms with van der Waals surface area (Å²) in [4.78, 5) is 12.5. The van der Waals surface area contributed by atoms with Crippen molar-refractivity contribution in [3.63, 3.8) is 0 Å². The number of carbonyl (C=O) groups is 1. The summed E-state index contributed by atoms with van der Waals surface area (Å²) in [6.45, 7) is 0. The molecule has 2 rings (SSSR count). The van der Waals surface area contributed by atoms with Crippen molar-refractivity contribution < 1.29 is 4.79 Å².